The fourth-order valence-corrected chi connectivity index (χ4v) is 1.92. The van der Waals surface area contributed by atoms with Gasteiger partial charge in [-0.15, -0.1) is 0 Å². The number of carbonyl (C=O) groups excluding carboxylic acids is 2. The summed E-state index contributed by atoms with van der Waals surface area (Å²) < 4.78 is 22.9. The Bertz CT molecular complexity index is 737. The molecule has 0 atom stereocenters. The molecule has 0 saturated heterocycles. The van der Waals surface area contributed by atoms with Crippen molar-refractivity contribution in [1.29, 1.82) is 0 Å². The van der Waals surface area contributed by atoms with Crippen LogP contribution < -0.4 is 20.3 Å². The smallest absolute Gasteiger partial charge is 0.276 e. The number of methoxy groups -OCH3 is 1. The van der Waals surface area contributed by atoms with E-state index in [1.54, 1.807) is 0 Å². The Hall–Kier alpha value is -2.80. The molecule has 2 rings (SSSR count). The van der Waals surface area contributed by atoms with Gasteiger partial charge in [-0.25, -0.2) is 4.39 Å². The highest BCUT2D eigenvalue weighted by atomic mass is 35.5. The number of nitrogens with one attached hydrogen (secondary N) is 2. The van der Waals surface area contributed by atoms with Crippen LogP contribution in [-0.4, -0.2) is 25.5 Å². The predicted octanol–water partition coefficient (Wildman–Crippen LogP) is 2.33. The molecule has 8 heteroatoms. The van der Waals surface area contributed by atoms with Gasteiger partial charge >= 0.3 is 0 Å². The van der Waals surface area contributed by atoms with Gasteiger partial charge in [-0.1, -0.05) is 11.6 Å². The average Bonchev–Trinajstić information content (AvgIpc) is 2.59. The SMILES string of the molecule is COc1cc(Cl)ccc1C(=O)NNC(=O)COc1ccc(F)cc1. The fourth-order valence-electron chi connectivity index (χ4n) is 1.76. The number of hydrazine groups is 1. The van der Waals surface area contributed by atoms with Gasteiger partial charge in [0.1, 0.15) is 17.3 Å². The highest BCUT2D eigenvalue weighted by Crippen LogP contribution is 2.22. The first-order valence-electron chi connectivity index (χ1n) is 6.80. The number of rotatable bonds is 5. The van der Waals surface area contributed by atoms with Crippen LogP contribution in [0.3, 0.4) is 0 Å². The molecule has 0 spiro atoms. The second kappa shape index (κ2) is 8.16. The van der Waals surface area contributed by atoms with Crippen molar-refractivity contribution in [3.8, 4) is 11.5 Å². The second-order valence-corrected chi connectivity index (χ2v) is 5.03. The number of carbonyl (C=O) groups is 2. The summed E-state index contributed by atoms with van der Waals surface area (Å²) in [6.07, 6.45) is 0. The summed E-state index contributed by atoms with van der Waals surface area (Å²) in [5, 5.41) is 0.417. The lowest BCUT2D eigenvalue weighted by Gasteiger charge is -2.11. The molecule has 0 radical (unpaired) electrons. The molecule has 0 aromatic heterocycles. The molecule has 0 fully saturated rings. The molecule has 6 nitrogen and oxygen atoms in total. The number of hydrogen-bond acceptors (Lipinski definition) is 4. The molecule has 0 bridgehead atoms. The molecular weight excluding hydrogens is 339 g/mol. The maximum atomic E-state index is 12.7. The first-order chi connectivity index (χ1) is 11.5. The van der Waals surface area contributed by atoms with Gasteiger partial charge in [0, 0.05) is 5.02 Å². The van der Waals surface area contributed by atoms with Crippen LogP contribution in [0.1, 0.15) is 10.4 Å². The van der Waals surface area contributed by atoms with E-state index in [-0.39, 0.29) is 17.9 Å². The molecule has 0 saturated carbocycles. The van der Waals surface area contributed by atoms with Crippen LogP contribution >= 0.6 is 11.6 Å². The zero-order valence-corrected chi connectivity index (χ0v) is 13.4. The van der Waals surface area contributed by atoms with E-state index in [2.05, 4.69) is 10.9 Å². The standard InChI is InChI=1S/C16H14ClFN2O4/c1-23-14-8-10(17)2-7-13(14)16(22)20-19-15(21)9-24-12-5-3-11(18)4-6-12/h2-8H,9H2,1H3,(H,19,21)(H,20,22). The fraction of sp³-hybridized carbons (Fsp3) is 0.125. The Kier molecular flexibility index (Phi) is 5.97. The number of ether oxygens (including phenoxy) is 2. The molecule has 0 heterocycles. The lowest BCUT2D eigenvalue weighted by atomic mass is 10.2. The first kappa shape index (κ1) is 17.6. The highest BCUT2D eigenvalue weighted by molar-refractivity contribution is 6.30. The quantitative estimate of drug-likeness (QED) is 0.810. The van der Waals surface area contributed by atoms with Gasteiger partial charge in [0.2, 0.25) is 0 Å². The minimum atomic E-state index is -0.583. The van der Waals surface area contributed by atoms with Crippen molar-refractivity contribution in [2.24, 2.45) is 0 Å². The molecule has 24 heavy (non-hydrogen) atoms. The van der Waals surface area contributed by atoms with Crippen molar-refractivity contribution in [3.05, 3.63) is 58.9 Å². The maximum Gasteiger partial charge on any atom is 0.276 e. The molecule has 2 aromatic carbocycles. The van der Waals surface area contributed by atoms with E-state index in [1.807, 2.05) is 0 Å². The summed E-state index contributed by atoms with van der Waals surface area (Å²) in [6, 6.07) is 9.68. The zero-order chi connectivity index (χ0) is 17.5. The summed E-state index contributed by atoms with van der Waals surface area (Å²) >= 11 is 5.82. The van der Waals surface area contributed by atoms with E-state index in [1.165, 1.54) is 49.6 Å². The molecule has 0 unspecified atom stereocenters. The van der Waals surface area contributed by atoms with E-state index in [0.717, 1.165) is 0 Å². The number of halogens is 2. The Balaban J connectivity index is 1.85. The van der Waals surface area contributed by atoms with E-state index in [0.29, 0.717) is 10.8 Å². The number of hydrogen-bond donors (Lipinski definition) is 2. The Morgan fingerprint density at radius 2 is 1.83 bits per heavy atom. The van der Waals surface area contributed by atoms with Crippen molar-refractivity contribution in [3.63, 3.8) is 0 Å². The van der Waals surface area contributed by atoms with E-state index in [9.17, 15) is 14.0 Å². The van der Waals surface area contributed by atoms with Gasteiger partial charge in [0.25, 0.3) is 11.8 Å². The van der Waals surface area contributed by atoms with Crippen LogP contribution in [0.5, 0.6) is 11.5 Å². The monoisotopic (exact) mass is 352 g/mol. The van der Waals surface area contributed by atoms with Crippen LogP contribution in [0.15, 0.2) is 42.5 Å². The van der Waals surface area contributed by atoms with Crippen molar-refractivity contribution in [2.45, 2.75) is 0 Å². The van der Waals surface area contributed by atoms with Crippen LogP contribution in [-0.2, 0) is 4.79 Å². The highest BCUT2D eigenvalue weighted by Gasteiger charge is 2.13. The van der Waals surface area contributed by atoms with Crippen molar-refractivity contribution >= 4 is 23.4 Å². The molecule has 0 aliphatic rings. The summed E-state index contributed by atoms with van der Waals surface area (Å²) in [5.74, 6) is -0.954. The van der Waals surface area contributed by atoms with Crippen LogP contribution in [0, 0.1) is 5.82 Å². The van der Waals surface area contributed by atoms with Gasteiger partial charge in [-0.3, -0.25) is 20.4 Å². The van der Waals surface area contributed by atoms with Crippen molar-refractivity contribution in [1.82, 2.24) is 10.9 Å². The molecule has 2 amide bonds. The van der Waals surface area contributed by atoms with Gasteiger partial charge < -0.3 is 9.47 Å². The number of benzene rings is 2. The van der Waals surface area contributed by atoms with Gasteiger partial charge in [0.05, 0.1) is 12.7 Å². The third-order valence-corrected chi connectivity index (χ3v) is 3.14. The summed E-state index contributed by atoms with van der Waals surface area (Å²) in [5.41, 5.74) is 4.65. The van der Waals surface area contributed by atoms with Gasteiger partial charge in [-0.2, -0.15) is 0 Å². The second-order valence-electron chi connectivity index (χ2n) is 4.59. The molecule has 2 aromatic rings. The first-order valence-corrected chi connectivity index (χ1v) is 7.18. The third kappa shape index (κ3) is 4.85. The summed E-state index contributed by atoms with van der Waals surface area (Å²) in [6.45, 7) is -0.344. The minimum Gasteiger partial charge on any atom is -0.496 e. The van der Waals surface area contributed by atoms with Crippen LogP contribution in [0.2, 0.25) is 5.02 Å². The largest absolute Gasteiger partial charge is 0.496 e. The zero-order valence-electron chi connectivity index (χ0n) is 12.6. The molecule has 0 aliphatic carbocycles. The topological polar surface area (TPSA) is 76.7 Å². The van der Waals surface area contributed by atoms with E-state index >= 15 is 0 Å². The summed E-state index contributed by atoms with van der Waals surface area (Å²) in [7, 11) is 1.40. The van der Waals surface area contributed by atoms with E-state index < -0.39 is 17.6 Å². The molecule has 2 N–H and O–H groups in total. The lowest BCUT2D eigenvalue weighted by molar-refractivity contribution is -0.123. The third-order valence-electron chi connectivity index (χ3n) is 2.91. The summed E-state index contributed by atoms with van der Waals surface area (Å²) in [4.78, 5) is 23.7. The van der Waals surface area contributed by atoms with E-state index in [4.69, 9.17) is 21.1 Å². The number of amides is 2. The van der Waals surface area contributed by atoms with Crippen molar-refractivity contribution in [2.75, 3.05) is 13.7 Å². The minimum absolute atomic E-state index is 0.210. The normalized spacial score (nSPS) is 9.96. The Morgan fingerprint density at radius 1 is 1.12 bits per heavy atom. The predicted molar refractivity (Wildman–Crippen MR) is 85.5 cm³/mol. The maximum absolute atomic E-state index is 12.7. The average molecular weight is 353 g/mol. The van der Waals surface area contributed by atoms with Crippen LogP contribution in [0.25, 0.3) is 0 Å². The lowest BCUT2D eigenvalue weighted by Crippen LogP contribution is -2.43. The molecule has 0 aliphatic heterocycles. The molecule has 126 valence electrons. The molecular formula is C16H14ClFN2O4. The van der Waals surface area contributed by atoms with Gasteiger partial charge in [-0.05, 0) is 42.5 Å². The Morgan fingerprint density at radius 3 is 2.50 bits per heavy atom. The van der Waals surface area contributed by atoms with Crippen LogP contribution in [0.4, 0.5) is 4.39 Å². The Labute approximate surface area is 142 Å². The van der Waals surface area contributed by atoms with Crippen molar-refractivity contribution < 1.29 is 23.5 Å². The van der Waals surface area contributed by atoms with Gasteiger partial charge in [0.15, 0.2) is 6.61 Å².